The second-order valence-corrected chi connectivity index (χ2v) is 9.20. The zero-order chi connectivity index (χ0) is 20.3. The molecular weight excluding hydrogens is 376 g/mol. The first kappa shape index (κ1) is 20.0. The number of phenols is 1. The maximum absolute atomic E-state index is 12.2. The Bertz CT molecular complexity index is 1100. The van der Waals surface area contributed by atoms with E-state index in [0.29, 0.717) is 23.8 Å². The van der Waals surface area contributed by atoms with Gasteiger partial charge in [0.2, 0.25) is 0 Å². The summed E-state index contributed by atoms with van der Waals surface area (Å²) >= 11 is 0. The minimum atomic E-state index is -3.39. The van der Waals surface area contributed by atoms with Crippen LogP contribution in [0.25, 0.3) is 10.9 Å². The molecule has 0 atom stereocenters. The van der Waals surface area contributed by atoms with Crippen LogP contribution < -0.4 is 10.2 Å². The molecule has 0 aliphatic carbocycles. The first-order chi connectivity index (χ1) is 13.3. The van der Waals surface area contributed by atoms with Gasteiger partial charge in [0.1, 0.15) is 17.4 Å². The van der Waals surface area contributed by atoms with Crippen LogP contribution in [0.1, 0.15) is 12.7 Å². The molecule has 0 aliphatic rings. The Morgan fingerprint density at radius 3 is 2.57 bits per heavy atom. The summed E-state index contributed by atoms with van der Waals surface area (Å²) in [5, 5.41) is 14.2. The molecule has 28 heavy (non-hydrogen) atoms. The average Bonchev–Trinajstić information content (AvgIpc) is 2.68. The van der Waals surface area contributed by atoms with Crippen molar-refractivity contribution in [2.75, 3.05) is 31.7 Å². The molecule has 0 fully saturated rings. The highest BCUT2D eigenvalue weighted by molar-refractivity contribution is 7.91. The first-order valence-corrected chi connectivity index (χ1v) is 10.8. The van der Waals surface area contributed by atoms with Crippen LogP contribution in [-0.2, 0) is 16.3 Å². The number of hydrogen-bond donors (Lipinski definition) is 3. The number of nitrogens with one attached hydrogen (secondary N) is 2. The third-order valence-corrected chi connectivity index (χ3v) is 6.19. The zero-order valence-electron chi connectivity index (χ0n) is 16.2. The molecule has 0 saturated carbocycles. The van der Waals surface area contributed by atoms with E-state index in [9.17, 15) is 13.5 Å². The molecule has 1 aromatic heterocycles. The fourth-order valence-corrected chi connectivity index (χ4v) is 3.70. The van der Waals surface area contributed by atoms with Gasteiger partial charge in [-0.05, 0) is 30.3 Å². The molecule has 0 spiro atoms. The maximum atomic E-state index is 12.2. The number of rotatable bonds is 7. The summed E-state index contributed by atoms with van der Waals surface area (Å²) < 4.78 is 24.4. The Morgan fingerprint density at radius 2 is 1.86 bits per heavy atom. The number of fused-ring (bicyclic) bond motifs is 1. The van der Waals surface area contributed by atoms with Crippen LogP contribution in [-0.4, -0.2) is 49.9 Å². The van der Waals surface area contributed by atoms with Gasteiger partial charge in [-0.2, -0.15) is 0 Å². The molecule has 0 unspecified atom stereocenters. The lowest BCUT2D eigenvalue weighted by atomic mass is 10.2. The van der Waals surface area contributed by atoms with Gasteiger partial charge < -0.3 is 15.3 Å². The van der Waals surface area contributed by atoms with E-state index in [-0.39, 0.29) is 16.4 Å². The number of aromatic nitrogens is 2. The highest BCUT2D eigenvalue weighted by atomic mass is 32.2. The van der Waals surface area contributed by atoms with Gasteiger partial charge in [0.15, 0.2) is 9.84 Å². The van der Waals surface area contributed by atoms with Crippen molar-refractivity contribution in [3.63, 3.8) is 0 Å². The normalized spacial score (nSPS) is 11.9. The molecule has 0 amide bonds. The Balaban J connectivity index is 2.05. The number of nitrogens with zero attached hydrogens (tertiary/aromatic N) is 2. The van der Waals surface area contributed by atoms with Crippen molar-refractivity contribution in [1.82, 2.24) is 9.97 Å². The lowest BCUT2D eigenvalue weighted by molar-refractivity contribution is -0.858. The molecule has 148 valence electrons. The van der Waals surface area contributed by atoms with Gasteiger partial charge in [0, 0.05) is 5.39 Å². The first-order valence-electron chi connectivity index (χ1n) is 9.17. The Kier molecular flexibility index (Phi) is 5.81. The number of hydrogen-bond acceptors (Lipinski definition) is 6. The molecule has 0 saturated heterocycles. The smallest absolute Gasteiger partial charge is 0.178 e. The molecule has 0 aliphatic heterocycles. The third-order valence-electron chi connectivity index (χ3n) is 4.46. The number of quaternary nitrogens is 1. The minimum Gasteiger partial charge on any atom is -0.506 e. The molecule has 3 N–H and O–H groups in total. The molecule has 3 aromatic rings. The van der Waals surface area contributed by atoms with E-state index in [2.05, 4.69) is 29.4 Å². The number of phenolic OH excluding ortho intramolecular Hbond substituents is 1. The molecule has 8 heteroatoms. The lowest BCUT2D eigenvalue weighted by Crippen LogP contribution is -3.06. The van der Waals surface area contributed by atoms with Gasteiger partial charge in [-0.15, -0.1) is 0 Å². The standard InChI is InChI=1S/C20H24N4O3S/c1-4-28(26,27)14-9-10-18(25)17(13-14)22-20-15-7-5-6-8-16(15)21-19(23-20)11-12-24(2)3/h5-10,13,25H,4,11-12H2,1-3H3,(H,21,22,23)/p+1. The van der Waals surface area contributed by atoms with Crippen LogP contribution in [0.5, 0.6) is 5.75 Å². The topological polar surface area (TPSA) is 96.6 Å². The summed E-state index contributed by atoms with van der Waals surface area (Å²) in [5.41, 5.74) is 1.09. The van der Waals surface area contributed by atoms with Crippen LogP contribution in [0, 0.1) is 0 Å². The molecule has 1 heterocycles. The van der Waals surface area contributed by atoms with E-state index < -0.39 is 9.84 Å². The van der Waals surface area contributed by atoms with E-state index in [0.717, 1.165) is 17.4 Å². The van der Waals surface area contributed by atoms with E-state index in [1.54, 1.807) is 6.92 Å². The van der Waals surface area contributed by atoms with Crippen molar-refractivity contribution in [3.8, 4) is 5.75 Å². The van der Waals surface area contributed by atoms with Crippen molar-refractivity contribution in [2.24, 2.45) is 0 Å². The molecule has 7 nitrogen and oxygen atoms in total. The number of aromatic hydroxyl groups is 1. The molecule has 3 rings (SSSR count). The van der Waals surface area contributed by atoms with E-state index in [1.807, 2.05) is 24.3 Å². The Labute approximate surface area is 165 Å². The summed E-state index contributed by atoms with van der Waals surface area (Å²) in [6.07, 6.45) is 0.706. The van der Waals surface area contributed by atoms with Crippen molar-refractivity contribution in [3.05, 3.63) is 48.3 Å². The fourth-order valence-electron chi connectivity index (χ4n) is 2.80. The van der Waals surface area contributed by atoms with Gasteiger partial charge in [-0.3, -0.25) is 0 Å². The third kappa shape index (κ3) is 4.40. The predicted octanol–water partition coefficient (Wildman–Crippen LogP) is 1.56. The number of likely N-dealkylation sites (N-methyl/N-ethyl adjacent to an activating group) is 1. The number of benzene rings is 2. The highest BCUT2D eigenvalue weighted by Crippen LogP contribution is 2.31. The number of sulfone groups is 1. The predicted molar refractivity (Wildman–Crippen MR) is 110 cm³/mol. The van der Waals surface area contributed by atoms with Crippen LogP contribution in [0.4, 0.5) is 11.5 Å². The van der Waals surface area contributed by atoms with Gasteiger partial charge in [0.25, 0.3) is 0 Å². The number of para-hydroxylation sites is 1. The Morgan fingerprint density at radius 1 is 1.11 bits per heavy atom. The minimum absolute atomic E-state index is 0.00926. The summed E-state index contributed by atoms with van der Waals surface area (Å²) in [4.78, 5) is 10.7. The zero-order valence-corrected chi connectivity index (χ0v) is 17.0. The van der Waals surface area contributed by atoms with Gasteiger partial charge in [-0.25, -0.2) is 18.4 Å². The molecule has 0 bridgehead atoms. The number of anilines is 2. The second-order valence-electron chi connectivity index (χ2n) is 6.92. The van der Waals surface area contributed by atoms with Crippen molar-refractivity contribution in [2.45, 2.75) is 18.2 Å². The maximum Gasteiger partial charge on any atom is 0.178 e. The second kappa shape index (κ2) is 8.12. The summed E-state index contributed by atoms with van der Waals surface area (Å²) in [7, 11) is 0.750. The van der Waals surface area contributed by atoms with E-state index in [1.165, 1.54) is 23.1 Å². The summed E-state index contributed by atoms with van der Waals surface area (Å²) in [5.74, 6) is 1.18. The largest absolute Gasteiger partial charge is 0.506 e. The van der Waals surface area contributed by atoms with Gasteiger partial charge in [-0.1, -0.05) is 19.1 Å². The fraction of sp³-hybridized carbons (Fsp3) is 0.300. The summed E-state index contributed by atoms with van der Waals surface area (Å²) in [6.45, 7) is 2.47. The van der Waals surface area contributed by atoms with Crippen LogP contribution in [0.2, 0.25) is 0 Å². The SMILES string of the molecule is CCS(=O)(=O)c1ccc(O)c(Nc2nc(CC[NH+](C)C)nc3ccccc23)c1. The quantitative estimate of drug-likeness (QED) is 0.520. The Hall–Kier alpha value is -2.71. The van der Waals surface area contributed by atoms with Crippen molar-refractivity contribution in [1.29, 1.82) is 0 Å². The molecular formula is C20H25N4O3S+. The molecule has 2 aromatic carbocycles. The van der Waals surface area contributed by atoms with Crippen LogP contribution >= 0.6 is 0 Å². The van der Waals surface area contributed by atoms with Crippen molar-refractivity contribution < 1.29 is 18.4 Å². The van der Waals surface area contributed by atoms with Crippen LogP contribution in [0.3, 0.4) is 0 Å². The van der Waals surface area contributed by atoms with E-state index >= 15 is 0 Å². The summed E-state index contributed by atoms with van der Waals surface area (Å²) in [6, 6.07) is 11.8. The van der Waals surface area contributed by atoms with Crippen molar-refractivity contribution >= 4 is 32.2 Å². The average molecular weight is 402 g/mol. The van der Waals surface area contributed by atoms with Gasteiger partial charge >= 0.3 is 0 Å². The van der Waals surface area contributed by atoms with Crippen LogP contribution in [0.15, 0.2) is 47.4 Å². The monoisotopic (exact) mass is 401 g/mol. The van der Waals surface area contributed by atoms with Gasteiger partial charge in [0.05, 0.1) is 48.9 Å². The van der Waals surface area contributed by atoms with E-state index in [4.69, 9.17) is 0 Å². The molecule has 0 radical (unpaired) electrons. The lowest BCUT2D eigenvalue weighted by Gasteiger charge is -2.13. The highest BCUT2D eigenvalue weighted by Gasteiger charge is 2.16.